The molecule has 0 aromatic heterocycles. The molecule has 1 unspecified atom stereocenters. The Labute approximate surface area is 284 Å². The van der Waals surface area contributed by atoms with Crippen LogP contribution in [0.3, 0.4) is 0 Å². The summed E-state index contributed by atoms with van der Waals surface area (Å²) in [5.41, 5.74) is 1.28. The second-order valence-electron chi connectivity index (χ2n) is 12.2. The molecule has 0 bridgehead atoms. The Bertz CT molecular complexity index is 1810. The van der Waals surface area contributed by atoms with Crippen molar-refractivity contribution < 1.29 is 27.5 Å². The van der Waals surface area contributed by atoms with Crippen LogP contribution in [-0.2, 0) is 32.6 Å². The zero-order valence-corrected chi connectivity index (χ0v) is 29.0. The molecule has 2 amide bonds. The molecule has 0 spiro atoms. The van der Waals surface area contributed by atoms with Gasteiger partial charge in [-0.25, -0.2) is 8.42 Å². The SMILES string of the molecule is CC(C)(C)NC(=O)C(Cc1ccccc1)N(Cc1cccc(Br)c1)C(=O)CN(c1ccc2c(c1)OCCO2)S(=O)(=O)c1ccccc1. The number of benzene rings is 4. The van der Waals surface area contributed by atoms with Gasteiger partial charge in [0.1, 0.15) is 25.8 Å². The van der Waals surface area contributed by atoms with E-state index < -0.39 is 34.1 Å². The molecule has 1 N–H and O–H groups in total. The van der Waals surface area contributed by atoms with E-state index in [0.29, 0.717) is 24.7 Å². The van der Waals surface area contributed by atoms with Gasteiger partial charge in [-0.3, -0.25) is 13.9 Å². The first-order valence-electron chi connectivity index (χ1n) is 15.3. The van der Waals surface area contributed by atoms with Crippen LogP contribution in [0.15, 0.2) is 112 Å². The van der Waals surface area contributed by atoms with Gasteiger partial charge in [0.05, 0.1) is 10.6 Å². The summed E-state index contributed by atoms with van der Waals surface area (Å²) in [6.45, 7) is 5.81. The van der Waals surface area contributed by atoms with E-state index in [0.717, 1.165) is 19.9 Å². The van der Waals surface area contributed by atoms with Crippen molar-refractivity contribution in [3.63, 3.8) is 0 Å². The number of hydrogen-bond donors (Lipinski definition) is 1. The van der Waals surface area contributed by atoms with Gasteiger partial charge in [-0.15, -0.1) is 0 Å². The molecule has 1 aliphatic rings. The van der Waals surface area contributed by atoms with Crippen molar-refractivity contribution in [2.45, 2.75) is 50.2 Å². The highest BCUT2D eigenvalue weighted by Crippen LogP contribution is 2.36. The standard InChI is InChI=1S/C36H38BrN3O6S/c1-36(2,3)38-35(42)31(22-26-11-6-4-7-12-26)39(24-27-13-10-14-28(37)21-27)34(41)25-40(47(43,44)30-15-8-5-9-16-30)29-17-18-32-33(23-29)46-20-19-45-32/h4-18,21,23,31H,19-20,22,24-25H2,1-3H3,(H,38,42). The van der Waals surface area contributed by atoms with E-state index in [2.05, 4.69) is 21.2 Å². The minimum atomic E-state index is -4.24. The number of halogens is 1. The Kier molecular flexibility index (Phi) is 10.6. The molecule has 9 nitrogen and oxygen atoms in total. The number of fused-ring (bicyclic) bond motifs is 1. The number of anilines is 1. The summed E-state index contributed by atoms with van der Waals surface area (Å²) >= 11 is 3.51. The number of hydrogen-bond acceptors (Lipinski definition) is 6. The van der Waals surface area contributed by atoms with Crippen molar-refractivity contribution in [1.82, 2.24) is 10.2 Å². The first kappa shape index (κ1) is 34.0. The van der Waals surface area contributed by atoms with Crippen molar-refractivity contribution in [2.24, 2.45) is 0 Å². The maximum absolute atomic E-state index is 14.7. The topological polar surface area (TPSA) is 105 Å². The van der Waals surface area contributed by atoms with Gasteiger partial charge in [-0.05, 0) is 68.3 Å². The Hall–Kier alpha value is -4.35. The van der Waals surface area contributed by atoms with Gasteiger partial charge in [0, 0.05) is 29.0 Å². The van der Waals surface area contributed by atoms with Crippen LogP contribution >= 0.6 is 15.9 Å². The number of amides is 2. The Morgan fingerprint density at radius 3 is 2.13 bits per heavy atom. The summed E-state index contributed by atoms with van der Waals surface area (Å²) in [4.78, 5) is 30.2. The van der Waals surface area contributed by atoms with E-state index in [1.165, 1.54) is 17.0 Å². The normalized spacial score (nSPS) is 13.4. The van der Waals surface area contributed by atoms with Crippen molar-refractivity contribution in [2.75, 3.05) is 24.1 Å². The maximum Gasteiger partial charge on any atom is 0.264 e. The minimum Gasteiger partial charge on any atom is -0.486 e. The average Bonchev–Trinajstić information content (AvgIpc) is 3.05. The molecule has 5 rings (SSSR count). The van der Waals surface area contributed by atoms with Gasteiger partial charge >= 0.3 is 0 Å². The lowest BCUT2D eigenvalue weighted by atomic mass is 10.0. The maximum atomic E-state index is 14.7. The minimum absolute atomic E-state index is 0.0209. The van der Waals surface area contributed by atoms with Gasteiger partial charge in [-0.2, -0.15) is 0 Å². The lowest BCUT2D eigenvalue weighted by molar-refractivity contribution is -0.140. The molecule has 0 saturated carbocycles. The van der Waals surface area contributed by atoms with E-state index in [1.54, 1.807) is 36.4 Å². The lowest BCUT2D eigenvalue weighted by Crippen LogP contribution is -2.56. The number of sulfonamides is 1. The number of nitrogens with zero attached hydrogens (tertiary/aromatic N) is 2. The third-order valence-electron chi connectivity index (χ3n) is 7.44. The molecular weight excluding hydrogens is 682 g/mol. The summed E-state index contributed by atoms with van der Waals surface area (Å²) in [7, 11) is -4.24. The van der Waals surface area contributed by atoms with Gasteiger partial charge in [0.15, 0.2) is 11.5 Å². The predicted molar refractivity (Wildman–Crippen MR) is 185 cm³/mol. The first-order chi connectivity index (χ1) is 22.4. The smallest absolute Gasteiger partial charge is 0.264 e. The quantitative estimate of drug-likeness (QED) is 0.205. The fourth-order valence-corrected chi connectivity index (χ4v) is 7.15. The van der Waals surface area contributed by atoms with E-state index >= 15 is 0 Å². The second-order valence-corrected chi connectivity index (χ2v) is 15.0. The van der Waals surface area contributed by atoms with Crippen molar-refractivity contribution >= 4 is 43.5 Å². The molecular formula is C36H38BrN3O6S. The number of rotatable bonds is 11. The fraction of sp³-hybridized carbons (Fsp3) is 0.278. The van der Waals surface area contributed by atoms with Crippen molar-refractivity contribution in [3.05, 3.63) is 119 Å². The Morgan fingerprint density at radius 1 is 0.830 bits per heavy atom. The highest BCUT2D eigenvalue weighted by molar-refractivity contribution is 9.10. The van der Waals surface area contributed by atoms with Crippen LogP contribution < -0.4 is 19.1 Å². The monoisotopic (exact) mass is 719 g/mol. The van der Waals surface area contributed by atoms with Gasteiger partial charge < -0.3 is 19.7 Å². The molecule has 47 heavy (non-hydrogen) atoms. The summed E-state index contributed by atoms with van der Waals surface area (Å²) in [5.74, 6) is -0.0285. The number of nitrogens with one attached hydrogen (secondary N) is 1. The third kappa shape index (κ3) is 8.72. The van der Waals surface area contributed by atoms with Crippen LogP contribution in [0.2, 0.25) is 0 Å². The number of ether oxygens (including phenoxy) is 2. The lowest BCUT2D eigenvalue weighted by Gasteiger charge is -2.35. The first-order valence-corrected chi connectivity index (χ1v) is 17.5. The highest BCUT2D eigenvalue weighted by Gasteiger charge is 2.36. The molecule has 1 aliphatic heterocycles. The van der Waals surface area contributed by atoms with E-state index in [-0.39, 0.29) is 29.5 Å². The van der Waals surface area contributed by atoms with Gasteiger partial charge in [0.2, 0.25) is 11.8 Å². The van der Waals surface area contributed by atoms with Crippen molar-refractivity contribution in [3.8, 4) is 11.5 Å². The molecule has 4 aromatic carbocycles. The van der Waals surface area contributed by atoms with Crippen molar-refractivity contribution in [1.29, 1.82) is 0 Å². The van der Waals surface area contributed by atoms with Crippen LogP contribution in [-0.4, -0.2) is 56.5 Å². The van der Waals surface area contributed by atoms with Crippen LogP contribution in [0, 0.1) is 0 Å². The van der Waals surface area contributed by atoms with E-state index in [9.17, 15) is 18.0 Å². The molecule has 1 heterocycles. The Balaban J connectivity index is 1.60. The van der Waals surface area contributed by atoms with Gasteiger partial charge in [-0.1, -0.05) is 76.6 Å². The molecule has 1 atom stereocenters. The fourth-order valence-electron chi connectivity index (χ4n) is 5.27. The predicted octanol–water partition coefficient (Wildman–Crippen LogP) is 5.97. The summed E-state index contributed by atoms with van der Waals surface area (Å²) in [5, 5.41) is 3.04. The summed E-state index contributed by atoms with van der Waals surface area (Å²) < 4.78 is 41.8. The average molecular weight is 721 g/mol. The molecule has 0 aliphatic carbocycles. The van der Waals surface area contributed by atoms with E-state index in [1.807, 2.05) is 75.4 Å². The van der Waals surface area contributed by atoms with Crippen LogP contribution in [0.4, 0.5) is 5.69 Å². The highest BCUT2D eigenvalue weighted by atomic mass is 79.9. The summed E-state index contributed by atoms with van der Waals surface area (Å²) in [6.07, 6.45) is 0.220. The van der Waals surface area contributed by atoms with Gasteiger partial charge in [0.25, 0.3) is 10.0 Å². The molecule has 0 fully saturated rings. The zero-order valence-electron chi connectivity index (χ0n) is 26.6. The van der Waals surface area contributed by atoms with Crippen LogP contribution in [0.5, 0.6) is 11.5 Å². The molecule has 0 radical (unpaired) electrons. The number of carbonyl (C=O) groups is 2. The third-order valence-corrected chi connectivity index (χ3v) is 9.72. The number of carbonyl (C=O) groups excluding carboxylic acids is 2. The van der Waals surface area contributed by atoms with E-state index in [4.69, 9.17) is 9.47 Å². The Morgan fingerprint density at radius 2 is 1.47 bits per heavy atom. The summed E-state index contributed by atoms with van der Waals surface area (Å²) in [6, 6.07) is 28.7. The molecule has 4 aromatic rings. The molecule has 246 valence electrons. The second kappa shape index (κ2) is 14.6. The largest absolute Gasteiger partial charge is 0.486 e. The van der Waals surface area contributed by atoms with Crippen LogP contribution in [0.25, 0.3) is 0 Å². The molecule has 11 heteroatoms. The van der Waals surface area contributed by atoms with Crippen LogP contribution in [0.1, 0.15) is 31.9 Å². The zero-order chi connectivity index (χ0) is 33.6. The molecule has 0 saturated heterocycles.